The predicted octanol–water partition coefficient (Wildman–Crippen LogP) is 6.30. The number of benzene rings is 3. The van der Waals surface area contributed by atoms with Crippen LogP contribution in [0.4, 0.5) is 14.6 Å². The summed E-state index contributed by atoms with van der Waals surface area (Å²) >= 11 is 0. The normalized spacial score (nSPS) is 12.1. The van der Waals surface area contributed by atoms with E-state index < -0.39 is 11.6 Å². The summed E-state index contributed by atoms with van der Waals surface area (Å²) in [5, 5.41) is 14.0. The number of fused-ring (bicyclic) bond motifs is 1. The number of nitrogens with one attached hydrogen (secondary N) is 1. The van der Waals surface area contributed by atoms with Gasteiger partial charge < -0.3 is 15.0 Å². The van der Waals surface area contributed by atoms with E-state index in [-0.39, 0.29) is 18.3 Å². The molecule has 7 heteroatoms. The zero-order valence-electron chi connectivity index (χ0n) is 18.4. The topological polar surface area (TPSA) is 63.0 Å². The Morgan fingerprint density at radius 1 is 0.912 bits per heavy atom. The summed E-state index contributed by atoms with van der Waals surface area (Å²) in [6.45, 7) is 2.26. The molecule has 0 saturated heterocycles. The molecule has 0 aliphatic heterocycles. The van der Waals surface area contributed by atoms with Gasteiger partial charge in [0.05, 0.1) is 11.1 Å². The minimum atomic E-state index is -0.633. The number of hydrogen-bond acceptors (Lipinski definition) is 4. The average molecular weight is 456 g/mol. The molecule has 0 saturated carbocycles. The summed E-state index contributed by atoms with van der Waals surface area (Å²) in [6, 6.07) is 22.2. The molecule has 2 N–H and O–H groups in total. The Balaban J connectivity index is 1.63. The van der Waals surface area contributed by atoms with Crippen molar-refractivity contribution < 1.29 is 13.9 Å². The summed E-state index contributed by atoms with van der Waals surface area (Å²) in [5.74, 6) is -0.458. The summed E-state index contributed by atoms with van der Waals surface area (Å²) in [6.07, 6.45) is 1.48. The minimum Gasteiger partial charge on any atom is -0.508 e. The maximum atomic E-state index is 13.9. The third-order valence-corrected chi connectivity index (χ3v) is 5.77. The third-order valence-electron chi connectivity index (χ3n) is 5.77. The maximum absolute atomic E-state index is 13.9. The van der Waals surface area contributed by atoms with Crippen LogP contribution < -0.4 is 5.32 Å². The molecule has 0 aliphatic carbocycles. The standard InChI is InChI=1S/C27H22F2N4O/c1-17(19-5-3-2-4-6-19)32-26-24-14-25(20-7-9-23(34)10-8-20)33(27(24)31-16-30-26)15-18-11-21(28)13-22(29)12-18/h2-14,16-17,34H,15H2,1H3,(H,30,31,32)/t17-/m0/s1. The summed E-state index contributed by atoms with van der Waals surface area (Å²) < 4.78 is 29.7. The highest BCUT2D eigenvalue weighted by Gasteiger charge is 2.18. The van der Waals surface area contributed by atoms with E-state index in [0.29, 0.717) is 17.0 Å². The summed E-state index contributed by atoms with van der Waals surface area (Å²) in [5.41, 5.74) is 3.83. The molecule has 5 rings (SSSR count). The van der Waals surface area contributed by atoms with Crippen LogP contribution in [-0.2, 0) is 6.54 Å². The zero-order valence-corrected chi connectivity index (χ0v) is 18.4. The molecule has 0 radical (unpaired) electrons. The monoisotopic (exact) mass is 456 g/mol. The van der Waals surface area contributed by atoms with Crippen molar-refractivity contribution in [3.63, 3.8) is 0 Å². The van der Waals surface area contributed by atoms with Gasteiger partial charge in [0.15, 0.2) is 0 Å². The molecule has 3 aromatic carbocycles. The van der Waals surface area contributed by atoms with Gasteiger partial charge in [0.25, 0.3) is 0 Å². The smallest absolute Gasteiger partial charge is 0.146 e. The highest BCUT2D eigenvalue weighted by Crippen LogP contribution is 2.33. The van der Waals surface area contributed by atoms with Gasteiger partial charge in [0, 0.05) is 18.7 Å². The van der Waals surface area contributed by atoms with E-state index >= 15 is 0 Å². The number of aromatic nitrogens is 3. The van der Waals surface area contributed by atoms with E-state index in [4.69, 9.17) is 0 Å². The zero-order chi connectivity index (χ0) is 23.7. The minimum absolute atomic E-state index is 0.00270. The van der Waals surface area contributed by atoms with Crippen LogP contribution in [0.15, 0.2) is 85.2 Å². The van der Waals surface area contributed by atoms with Gasteiger partial charge in [-0.1, -0.05) is 30.3 Å². The van der Waals surface area contributed by atoms with Crippen LogP contribution in [0, 0.1) is 11.6 Å². The van der Waals surface area contributed by atoms with E-state index in [0.717, 1.165) is 28.3 Å². The Hall–Kier alpha value is -4.26. The number of phenols is 1. The van der Waals surface area contributed by atoms with Crippen molar-refractivity contribution in [3.05, 3.63) is 108 Å². The van der Waals surface area contributed by atoms with Crippen LogP contribution in [0.2, 0.25) is 0 Å². The Bertz CT molecular complexity index is 1430. The first-order valence-corrected chi connectivity index (χ1v) is 10.9. The van der Waals surface area contributed by atoms with Gasteiger partial charge in [-0.2, -0.15) is 0 Å². The van der Waals surface area contributed by atoms with Gasteiger partial charge >= 0.3 is 0 Å². The number of anilines is 1. The van der Waals surface area contributed by atoms with Crippen molar-refractivity contribution in [2.24, 2.45) is 0 Å². The van der Waals surface area contributed by atoms with Gasteiger partial charge in [-0.05, 0) is 66.1 Å². The summed E-state index contributed by atoms with van der Waals surface area (Å²) in [7, 11) is 0. The second kappa shape index (κ2) is 8.94. The van der Waals surface area contributed by atoms with Crippen LogP contribution in [0.5, 0.6) is 5.75 Å². The number of hydrogen-bond donors (Lipinski definition) is 2. The van der Waals surface area contributed by atoms with E-state index in [1.165, 1.54) is 18.5 Å². The third kappa shape index (κ3) is 4.32. The van der Waals surface area contributed by atoms with E-state index in [1.807, 2.05) is 41.0 Å². The second-order valence-electron chi connectivity index (χ2n) is 8.18. The van der Waals surface area contributed by atoms with Gasteiger partial charge in [-0.3, -0.25) is 0 Å². The number of rotatable bonds is 6. The lowest BCUT2D eigenvalue weighted by atomic mass is 10.1. The fourth-order valence-corrected chi connectivity index (χ4v) is 4.12. The van der Waals surface area contributed by atoms with Gasteiger partial charge in [0.1, 0.15) is 35.2 Å². The molecular weight excluding hydrogens is 434 g/mol. The van der Waals surface area contributed by atoms with Gasteiger partial charge in [-0.15, -0.1) is 0 Å². The lowest BCUT2D eigenvalue weighted by Gasteiger charge is -2.15. The largest absolute Gasteiger partial charge is 0.508 e. The lowest BCUT2D eigenvalue weighted by molar-refractivity contribution is 0.475. The molecule has 1 atom stereocenters. The lowest BCUT2D eigenvalue weighted by Crippen LogP contribution is -2.09. The van der Waals surface area contributed by atoms with Crippen LogP contribution in [0.1, 0.15) is 24.1 Å². The first-order valence-electron chi connectivity index (χ1n) is 10.9. The molecule has 0 spiro atoms. The van der Waals surface area contributed by atoms with Crippen molar-refractivity contribution in [2.75, 3.05) is 5.32 Å². The molecular formula is C27H22F2N4O. The van der Waals surface area contributed by atoms with Crippen LogP contribution >= 0.6 is 0 Å². The first-order chi connectivity index (χ1) is 16.5. The first kappa shape index (κ1) is 21.6. The molecule has 0 aliphatic rings. The SMILES string of the molecule is C[C@H](Nc1ncnc2c1cc(-c1ccc(O)cc1)n2Cc1cc(F)cc(F)c1)c1ccccc1. The molecule has 2 aromatic heterocycles. The van der Waals surface area contributed by atoms with Crippen molar-refractivity contribution in [3.8, 4) is 17.0 Å². The molecule has 34 heavy (non-hydrogen) atoms. The van der Waals surface area contributed by atoms with E-state index in [1.54, 1.807) is 24.3 Å². The van der Waals surface area contributed by atoms with E-state index in [9.17, 15) is 13.9 Å². The van der Waals surface area contributed by atoms with Crippen LogP contribution in [-0.4, -0.2) is 19.6 Å². The van der Waals surface area contributed by atoms with Crippen LogP contribution in [0.25, 0.3) is 22.3 Å². The Labute approximate surface area is 195 Å². The predicted molar refractivity (Wildman–Crippen MR) is 129 cm³/mol. The van der Waals surface area contributed by atoms with Gasteiger partial charge in [0.2, 0.25) is 0 Å². The number of phenolic OH excluding ortho intramolecular Hbond substituents is 1. The van der Waals surface area contributed by atoms with Crippen molar-refractivity contribution in [2.45, 2.75) is 19.5 Å². The molecule has 5 nitrogen and oxygen atoms in total. The number of nitrogens with zero attached hydrogens (tertiary/aromatic N) is 3. The molecule has 0 bridgehead atoms. The van der Waals surface area contributed by atoms with Crippen molar-refractivity contribution >= 4 is 16.9 Å². The fourth-order valence-electron chi connectivity index (χ4n) is 4.12. The molecule has 0 unspecified atom stereocenters. The van der Waals surface area contributed by atoms with Crippen LogP contribution in [0.3, 0.4) is 0 Å². The highest BCUT2D eigenvalue weighted by atomic mass is 19.1. The van der Waals surface area contributed by atoms with E-state index in [2.05, 4.69) is 22.2 Å². The molecule has 0 fully saturated rings. The summed E-state index contributed by atoms with van der Waals surface area (Å²) in [4.78, 5) is 8.98. The van der Waals surface area contributed by atoms with Crippen molar-refractivity contribution in [1.82, 2.24) is 14.5 Å². The molecule has 2 heterocycles. The Kier molecular flexibility index (Phi) is 5.67. The Morgan fingerprint density at radius 2 is 1.62 bits per heavy atom. The molecule has 0 amide bonds. The maximum Gasteiger partial charge on any atom is 0.146 e. The highest BCUT2D eigenvalue weighted by molar-refractivity contribution is 5.92. The average Bonchev–Trinajstić information content (AvgIpc) is 3.19. The Morgan fingerprint density at radius 3 is 2.32 bits per heavy atom. The molecule has 5 aromatic rings. The van der Waals surface area contributed by atoms with Gasteiger partial charge in [-0.25, -0.2) is 18.7 Å². The second-order valence-corrected chi connectivity index (χ2v) is 8.18. The fraction of sp³-hybridized carbons (Fsp3) is 0.111. The number of aromatic hydroxyl groups is 1. The molecule has 170 valence electrons. The van der Waals surface area contributed by atoms with Crippen molar-refractivity contribution in [1.29, 1.82) is 0 Å². The number of halogens is 2. The quantitative estimate of drug-likeness (QED) is 0.315.